The van der Waals surface area contributed by atoms with E-state index < -0.39 is 5.92 Å². The average molecular weight is 350 g/mol. The minimum Gasteiger partial charge on any atom is -0.350 e. The molecule has 1 aromatic carbocycles. The number of carbonyl (C=O) groups is 2. The van der Waals surface area contributed by atoms with Crippen LogP contribution < -0.4 is 5.32 Å². The summed E-state index contributed by atoms with van der Waals surface area (Å²) < 4.78 is 0. The Kier molecular flexibility index (Phi) is 4.63. The Morgan fingerprint density at radius 1 is 1.52 bits per heavy atom. The predicted molar refractivity (Wildman–Crippen MR) is 89.0 cm³/mol. The summed E-state index contributed by atoms with van der Waals surface area (Å²) in [5, 5.41) is 5.36. The van der Waals surface area contributed by atoms with Crippen LogP contribution in [0.4, 0.5) is 0 Å². The van der Waals surface area contributed by atoms with Crippen LogP contribution in [0.2, 0.25) is 5.02 Å². The van der Waals surface area contributed by atoms with Crippen molar-refractivity contribution in [1.82, 2.24) is 15.2 Å². The van der Waals surface area contributed by atoms with Gasteiger partial charge in [0, 0.05) is 23.9 Å². The molecule has 23 heavy (non-hydrogen) atoms. The maximum atomic E-state index is 12.6. The second-order valence-electron chi connectivity index (χ2n) is 5.51. The number of nitrogens with one attached hydrogen (secondary N) is 1. The quantitative estimate of drug-likeness (QED) is 0.923. The van der Waals surface area contributed by atoms with Gasteiger partial charge in [-0.3, -0.25) is 9.59 Å². The SMILES string of the molecule is CN1C(=O)C[C@H](C(=O)NCc2cscn2)[C@@H]1c1cccc(Cl)c1. The zero-order chi connectivity index (χ0) is 16.4. The molecule has 120 valence electrons. The van der Waals surface area contributed by atoms with Gasteiger partial charge in [-0.1, -0.05) is 23.7 Å². The second kappa shape index (κ2) is 6.68. The van der Waals surface area contributed by atoms with Gasteiger partial charge in [0.05, 0.1) is 29.7 Å². The third-order valence-electron chi connectivity index (χ3n) is 4.04. The number of likely N-dealkylation sites (tertiary alicyclic amines) is 1. The summed E-state index contributed by atoms with van der Waals surface area (Å²) in [7, 11) is 1.72. The molecule has 0 bridgehead atoms. The predicted octanol–water partition coefficient (Wildman–Crippen LogP) is 2.63. The van der Waals surface area contributed by atoms with E-state index in [1.807, 2.05) is 23.6 Å². The topological polar surface area (TPSA) is 62.3 Å². The first-order valence-corrected chi connectivity index (χ1v) is 8.54. The molecule has 5 nitrogen and oxygen atoms in total. The van der Waals surface area contributed by atoms with E-state index in [2.05, 4.69) is 10.3 Å². The zero-order valence-electron chi connectivity index (χ0n) is 12.5. The highest BCUT2D eigenvalue weighted by atomic mass is 35.5. The van der Waals surface area contributed by atoms with E-state index in [1.165, 1.54) is 11.3 Å². The molecule has 0 aliphatic carbocycles. The molecular formula is C16H16ClN3O2S. The van der Waals surface area contributed by atoms with E-state index >= 15 is 0 Å². The van der Waals surface area contributed by atoms with Crippen molar-refractivity contribution >= 4 is 34.8 Å². The molecule has 1 aromatic heterocycles. The van der Waals surface area contributed by atoms with Gasteiger partial charge >= 0.3 is 0 Å². The van der Waals surface area contributed by atoms with E-state index in [-0.39, 0.29) is 24.3 Å². The Morgan fingerprint density at radius 3 is 3.04 bits per heavy atom. The summed E-state index contributed by atoms with van der Waals surface area (Å²) >= 11 is 7.54. The van der Waals surface area contributed by atoms with Crippen LogP contribution in [0.1, 0.15) is 23.7 Å². The molecule has 7 heteroatoms. The van der Waals surface area contributed by atoms with Gasteiger partial charge in [-0.05, 0) is 17.7 Å². The maximum Gasteiger partial charge on any atom is 0.226 e. The Morgan fingerprint density at radius 2 is 2.35 bits per heavy atom. The summed E-state index contributed by atoms with van der Waals surface area (Å²) in [6.07, 6.45) is 0.205. The second-order valence-corrected chi connectivity index (χ2v) is 6.67. The molecule has 0 radical (unpaired) electrons. The number of hydrogen-bond donors (Lipinski definition) is 1. The van der Waals surface area contributed by atoms with E-state index in [9.17, 15) is 9.59 Å². The number of halogens is 1. The Bertz CT molecular complexity index is 720. The van der Waals surface area contributed by atoms with Crippen LogP contribution in [0.3, 0.4) is 0 Å². The molecule has 0 spiro atoms. The first-order chi connectivity index (χ1) is 11.1. The van der Waals surface area contributed by atoms with Crippen molar-refractivity contribution in [3.8, 4) is 0 Å². The standard InChI is InChI=1S/C16H16ClN3O2S/c1-20-14(21)6-13(15(20)10-3-2-4-11(17)5-10)16(22)18-7-12-8-23-9-19-12/h2-5,8-9,13,15H,6-7H2,1H3,(H,18,22)/t13-,15-/m0/s1. The highest BCUT2D eigenvalue weighted by Crippen LogP contribution is 2.37. The molecule has 1 N–H and O–H groups in total. The lowest BCUT2D eigenvalue weighted by Gasteiger charge is -2.25. The van der Waals surface area contributed by atoms with Crippen LogP contribution in [-0.4, -0.2) is 28.7 Å². The summed E-state index contributed by atoms with van der Waals surface area (Å²) in [4.78, 5) is 30.4. The van der Waals surface area contributed by atoms with Gasteiger partial charge in [0.1, 0.15) is 0 Å². The van der Waals surface area contributed by atoms with Crippen molar-refractivity contribution in [2.75, 3.05) is 7.05 Å². The fourth-order valence-electron chi connectivity index (χ4n) is 2.88. The molecule has 1 saturated heterocycles. The first-order valence-electron chi connectivity index (χ1n) is 7.22. The van der Waals surface area contributed by atoms with Crippen LogP contribution in [0.5, 0.6) is 0 Å². The first kappa shape index (κ1) is 16.0. The van der Waals surface area contributed by atoms with E-state index in [0.29, 0.717) is 11.6 Å². The maximum absolute atomic E-state index is 12.6. The third-order valence-corrected chi connectivity index (χ3v) is 4.91. The normalized spacial score (nSPS) is 20.8. The molecule has 1 aliphatic rings. The van der Waals surface area contributed by atoms with E-state index in [0.717, 1.165) is 11.3 Å². The lowest BCUT2D eigenvalue weighted by atomic mass is 9.93. The van der Waals surface area contributed by atoms with Crippen molar-refractivity contribution in [1.29, 1.82) is 0 Å². The molecule has 1 fully saturated rings. The summed E-state index contributed by atoms with van der Waals surface area (Å²) in [6.45, 7) is 0.374. The minimum atomic E-state index is -0.426. The molecule has 2 amide bonds. The zero-order valence-corrected chi connectivity index (χ0v) is 14.1. The molecule has 1 aliphatic heterocycles. The van der Waals surface area contributed by atoms with Gasteiger partial charge in [-0.15, -0.1) is 11.3 Å². The largest absolute Gasteiger partial charge is 0.350 e. The summed E-state index contributed by atoms with van der Waals surface area (Å²) in [5.41, 5.74) is 3.42. The molecule has 2 aromatic rings. The number of aromatic nitrogens is 1. The Labute approximate surface area is 143 Å². The number of amides is 2. The number of nitrogens with zero attached hydrogens (tertiary/aromatic N) is 2. The van der Waals surface area contributed by atoms with Gasteiger partial charge in [-0.25, -0.2) is 4.98 Å². The van der Waals surface area contributed by atoms with E-state index in [1.54, 1.807) is 23.5 Å². The number of hydrogen-bond acceptors (Lipinski definition) is 4. The third kappa shape index (κ3) is 3.38. The van der Waals surface area contributed by atoms with Crippen molar-refractivity contribution in [3.63, 3.8) is 0 Å². The van der Waals surface area contributed by atoms with Crippen LogP contribution in [0.15, 0.2) is 35.2 Å². The van der Waals surface area contributed by atoms with Gasteiger partial charge in [0.2, 0.25) is 11.8 Å². The molecule has 2 heterocycles. The molecule has 0 unspecified atom stereocenters. The Balaban J connectivity index is 1.78. The Hall–Kier alpha value is -1.92. The fraction of sp³-hybridized carbons (Fsp3) is 0.312. The average Bonchev–Trinajstić information content (AvgIpc) is 3.14. The lowest BCUT2D eigenvalue weighted by molar-refractivity contribution is -0.128. The molecule has 2 atom stereocenters. The number of rotatable bonds is 4. The van der Waals surface area contributed by atoms with Gasteiger partial charge in [0.25, 0.3) is 0 Å². The van der Waals surface area contributed by atoms with Gasteiger partial charge < -0.3 is 10.2 Å². The highest BCUT2D eigenvalue weighted by Gasteiger charge is 2.42. The number of benzene rings is 1. The lowest BCUT2D eigenvalue weighted by Crippen LogP contribution is -2.34. The van der Waals surface area contributed by atoms with Crippen LogP contribution in [0, 0.1) is 5.92 Å². The van der Waals surface area contributed by atoms with Gasteiger partial charge in [-0.2, -0.15) is 0 Å². The number of thiazole rings is 1. The minimum absolute atomic E-state index is 0.0382. The summed E-state index contributed by atoms with van der Waals surface area (Å²) in [5.74, 6) is -0.603. The van der Waals surface area contributed by atoms with Crippen molar-refractivity contribution in [3.05, 3.63) is 51.4 Å². The van der Waals surface area contributed by atoms with E-state index in [4.69, 9.17) is 11.6 Å². The van der Waals surface area contributed by atoms with Crippen molar-refractivity contribution in [2.24, 2.45) is 5.92 Å². The fourth-order valence-corrected chi connectivity index (χ4v) is 3.64. The monoisotopic (exact) mass is 349 g/mol. The van der Waals surface area contributed by atoms with Gasteiger partial charge in [0.15, 0.2) is 0 Å². The molecule has 3 rings (SSSR count). The molecular weight excluding hydrogens is 334 g/mol. The van der Waals surface area contributed by atoms with Crippen LogP contribution in [-0.2, 0) is 16.1 Å². The van der Waals surface area contributed by atoms with Crippen LogP contribution >= 0.6 is 22.9 Å². The van der Waals surface area contributed by atoms with Crippen LogP contribution in [0.25, 0.3) is 0 Å². The van der Waals surface area contributed by atoms with Crippen molar-refractivity contribution < 1.29 is 9.59 Å². The highest BCUT2D eigenvalue weighted by molar-refractivity contribution is 7.07. The molecule has 0 saturated carbocycles. The summed E-state index contributed by atoms with van der Waals surface area (Å²) in [6, 6.07) is 7.02. The number of carbonyl (C=O) groups excluding carboxylic acids is 2. The smallest absolute Gasteiger partial charge is 0.226 e. The van der Waals surface area contributed by atoms with Crippen molar-refractivity contribution in [2.45, 2.75) is 19.0 Å².